The molecule has 17 heavy (non-hydrogen) atoms. The van der Waals surface area contributed by atoms with Crippen molar-refractivity contribution in [2.45, 2.75) is 13.0 Å². The van der Waals surface area contributed by atoms with Gasteiger partial charge in [-0.05, 0) is 52.7 Å². The van der Waals surface area contributed by atoms with Crippen molar-refractivity contribution in [2.24, 2.45) is 0 Å². The Morgan fingerprint density at radius 2 is 2.18 bits per heavy atom. The minimum Gasteiger partial charge on any atom is -0.455 e. The van der Waals surface area contributed by atoms with E-state index in [4.69, 9.17) is 4.74 Å². The van der Waals surface area contributed by atoms with E-state index in [9.17, 15) is 5.11 Å². The van der Waals surface area contributed by atoms with Gasteiger partial charge in [0, 0.05) is 6.20 Å². The molecule has 3 nitrogen and oxygen atoms in total. The summed E-state index contributed by atoms with van der Waals surface area (Å²) in [5.41, 5.74) is 0.843. The van der Waals surface area contributed by atoms with E-state index in [2.05, 4.69) is 20.9 Å². The molecular formula is C13H12BrNO2. The highest BCUT2D eigenvalue weighted by Crippen LogP contribution is 2.31. The molecule has 1 unspecified atom stereocenters. The average Bonchev–Trinajstić information content (AvgIpc) is 2.33. The highest BCUT2D eigenvalue weighted by Gasteiger charge is 2.07. The average molecular weight is 294 g/mol. The van der Waals surface area contributed by atoms with Crippen LogP contribution in [0.1, 0.15) is 18.6 Å². The lowest BCUT2D eigenvalue weighted by Crippen LogP contribution is -1.92. The molecule has 2 rings (SSSR count). The zero-order valence-corrected chi connectivity index (χ0v) is 10.9. The summed E-state index contributed by atoms with van der Waals surface area (Å²) in [5, 5.41) is 9.46. The largest absolute Gasteiger partial charge is 0.455 e. The van der Waals surface area contributed by atoms with Crippen molar-refractivity contribution in [3.05, 3.63) is 52.8 Å². The Labute approximate surface area is 108 Å². The maximum atomic E-state index is 9.46. The Balaban J connectivity index is 2.23. The molecule has 1 N–H and O–H groups in total. The molecule has 0 saturated heterocycles. The summed E-state index contributed by atoms with van der Waals surface area (Å²) < 4.78 is 6.46. The van der Waals surface area contributed by atoms with Crippen LogP contribution >= 0.6 is 15.9 Å². The molecule has 0 bridgehead atoms. The molecule has 1 heterocycles. The van der Waals surface area contributed by atoms with Crippen molar-refractivity contribution >= 4 is 15.9 Å². The molecule has 88 valence electrons. The van der Waals surface area contributed by atoms with Crippen molar-refractivity contribution in [3.8, 4) is 11.5 Å². The van der Waals surface area contributed by atoms with E-state index in [-0.39, 0.29) is 0 Å². The summed E-state index contributed by atoms with van der Waals surface area (Å²) in [6.07, 6.45) is 2.85. The molecule has 0 aliphatic heterocycles. The van der Waals surface area contributed by atoms with Crippen LogP contribution in [0, 0.1) is 0 Å². The van der Waals surface area contributed by atoms with Crippen molar-refractivity contribution in [2.75, 3.05) is 0 Å². The molecule has 1 atom stereocenters. The van der Waals surface area contributed by atoms with Gasteiger partial charge in [0.05, 0.1) is 16.8 Å². The normalized spacial score (nSPS) is 12.2. The molecule has 1 aromatic heterocycles. The maximum Gasteiger partial charge on any atom is 0.145 e. The highest BCUT2D eigenvalue weighted by molar-refractivity contribution is 9.10. The van der Waals surface area contributed by atoms with E-state index < -0.39 is 6.10 Å². The van der Waals surface area contributed by atoms with E-state index in [1.807, 2.05) is 30.3 Å². The summed E-state index contributed by atoms with van der Waals surface area (Å²) in [6.45, 7) is 1.73. The molecule has 0 aliphatic carbocycles. The van der Waals surface area contributed by atoms with Crippen LogP contribution in [0.15, 0.2) is 47.2 Å². The fourth-order valence-corrected chi connectivity index (χ4v) is 1.87. The number of aromatic nitrogens is 1. The SMILES string of the molecule is CC(O)c1ccc(Oc2cccnc2)c(Br)c1. The van der Waals surface area contributed by atoms with E-state index in [1.165, 1.54) is 0 Å². The monoisotopic (exact) mass is 293 g/mol. The van der Waals surface area contributed by atoms with Crippen molar-refractivity contribution in [1.29, 1.82) is 0 Å². The number of aliphatic hydroxyl groups excluding tert-OH is 1. The third-order valence-electron chi connectivity index (χ3n) is 2.30. The van der Waals surface area contributed by atoms with Gasteiger partial charge in [0.2, 0.25) is 0 Å². The number of pyridine rings is 1. The predicted octanol–water partition coefficient (Wildman–Crippen LogP) is 3.69. The van der Waals surface area contributed by atoms with Crippen molar-refractivity contribution < 1.29 is 9.84 Å². The molecule has 2 aromatic rings. The summed E-state index contributed by atoms with van der Waals surface area (Å²) >= 11 is 3.42. The number of hydrogen-bond acceptors (Lipinski definition) is 3. The Bertz CT molecular complexity index is 500. The van der Waals surface area contributed by atoms with Gasteiger partial charge in [0.15, 0.2) is 0 Å². The first-order chi connectivity index (χ1) is 8.16. The molecular weight excluding hydrogens is 282 g/mol. The molecule has 0 spiro atoms. The van der Waals surface area contributed by atoms with Gasteiger partial charge < -0.3 is 9.84 Å². The van der Waals surface area contributed by atoms with E-state index >= 15 is 0 Å². The van der Waals surface area contributed by atoms with Crippen molar-refractivity contribution in [3.63, 3.8) is 0 Å². The van der Waals surface area contributed by atoms with Gasteiger partial charge in [0.25, 0.3) is 0 Å². The molecule has 4 heteroatoms. The highest BCUT2D eigenvalue weighted by atomic mass is 79.9. The van der Waals surface area contributed by atoms with Gasteiger partial charge in [-0.15, -0.1) is 0 Å². The molecule has 1 aromatic carbocycles. The molecule has 0 saturated carbocycles. The summed E-state index contributed by atoms with van der Waals surface area (Å²) in [5.74, 6) is 1.38. The fourth-order valence-electron chi connectivity index (χ4n) is 1.39. The topological polar surface area (TPSA) is 42.4 Å². The van der Waals surface area contributed by atoms with Crippen molar-refractivity contribution in [1.82, 2.24) is 4.98 Å². The lowest BCUT2D eigenvalue weighted by molar-refractivity contribution is 0.199. The van der Waals surface area contributed by atoms with E-state index in [0.29, 0.717) is 11.5 Å². The number of rotatable bonds is 3. The van der Waals surface area contributed by atoms with Crippen LogP contribution in [0.25, 0.3) is 0 Å². The smallest absolute Gasteiger partial charge is 0.145 e. The zero-order chi connectivity index (χ0) is 12.3. The van der Waals surface area contributed by atoms with Gasteiger partial charge in [-0.3, -0.25) is 4.98 Å². The minimum absolute atomic E-state index is 0.487. The predicted molar refractivity (Wildman–Crippen MR) is 69.1 cm³/mol. The van der Waals surface area contributed by atoms with Crippen LogP contribution in [-0.4, -0.2) is 10.1 Å². The lowest BCUT2D eigenvalue weighted by Gasteiger charge is -2.10. The summed E-state index contributed by atoms with van der Waals surface area (Å²) in [6, 6.07) is 9.14. The number of ether oxygens (including phenoxy) is 1. The quantitative estimate of drug-likeness (QED) is 0.938. The van der Waals surface area contributed by atoms with Crippen LogP contribution in [0.5, 0.6) is 11.5 Å². The number of hydrogen-bond donors (Lipinski definition) is 1. The first-order valence-electron chi connectivity index (χ1n) is 5.22. The first kappa shape index (κ1) is 12.1. The van der Waals surface area contributed by atoms with Crippen LogP contribution in [-0.2, 0) is 0 Å². The molecule has 0 radical (unpaired) electrons. The second kappa shape index (κ2) is 5.29. The third-order valence-corrected chi connectivity index (χ3v) is 2.92. The fraction of sp³-hybridized carbons (Fsp3) is 0.154. The first-order valence-corrected chi connectivity index (χ1v) is 6.01. The Hall–Kier alpha value is -1.39. The second-order valence-electron chi connectivity index (χ2n) is 3.66. The standard InChI is InChI=1S/C13H12BrNO2/c1-9(16)10-4-5-13(12(14)7-10)17-11-3-2-6-15-8-11/h2-9,16H,1H3. The number of halogens is 1. The van der Waals surface area contributed by atoms with Gasteiger partial charge in [-0.25, -0.2) is 0 Å². The number of benzene rings is 1. The number of nitrogens with zero attached hydrogens (tertiary/aromatic N) is 1. The zero-order valence-electron chi connectivity index (χ0n) is 9.30. The molecule has 0 amide bonds. The van der Waals surface area contributed by atoms with Gasteiger partial charge in [0.1, 0.15) is 11.5 Å². The van der Waals surface area contributed by atoms with Crippen LogP contribution < -0.4 is 4.74 Å². The maximum absolute atomic E-state index is 9.46. The Morgan fingerprint density at radius 1 is 1.35 bits per heavy atom. The van der Waals surface area contributed by atoms with Gasteiger partial charge in [-0.1, -0.05) is 6.07 Å². The van der Waals surface area contributed by atoms with Gasteiger partial charge >= 0.3 is 0 Å². The van der Waals surface area contributed by atoms with Crippen LogP contribution in [0.3, 0.4) is 0 Å². The molecule has 0 fully saturated rings. The minimum atomic E-state index is -0.487. The second-order valence-corrected chi connectivity index (χ2v) is 4.51. The summed E-state index contributed by atoms with van der Waals surface area (Å²) in [4.78, 5) is 3.98. The summed E-state index contributed by atoms with van der Waals surface area (Å²) in [7, 11) is 0. The third kappa shape index (κ3) is 3.05. The van der Waals surface area contributed by atoms with E-state index in [0.717, 1.165) is 10.0 Å². The van der Waals surface area contributed by atoms with Crippen LogP contribution in [0.2, 0.25) is 0 Å². The molecule has 0 aliphatic rings. The van der Waals surface area contributed by atoms with Gasteiger partial charge in [-0.2, -0.15) is 0 Å². The number of aliphatic hydroxyl groups is 1. The lowest BCUT2D eigenvalue weighted by atomic mass is 10.1. The van der Waals surface area contributed by atoms with E-state index in [1.54, 1.807) is 19.3 Å². The van der Waals surface area contributed by atoms with Crippen LogP contribution in [0.4, 0.5) is 0 Å². The Kier molecular flexibility index (Phi) is 3.76. The Morgan fingerprint density at radius 3 is 2.76 bits per heavy atom.